The average Bonchev–Trinajstić information content (AvgIpc) is 2.21. The number of nitrogens with zero attached hydrogens (tertiary/aromatic N) is 1. The zero-order valence-electron chi connectivity index (χ0n) is 11.1. The maximum absolute atomic E-state index is 11.7. The van der Waals surface area contributed by atoms with Crippen LogP contribution in [0.2, 0.25) is 0 Å². The number of carbonyl (C=O) groups excluding carboxylic acids is 1. The molecule has 0 spiro atoms. The Bertz CT molecular complexity index is 405. The first-order chi connectivity index (χ1) is 8.44. The fourth-order valence-corrected chi connectivity index (χ4v) is 1.68. The Kier molecular flexibility index (Phi) is 3.45. The molecule has 0 aromatic heterocycles. The molecule has 18 heavy (non-hydrogen) atoms. The summed E-state index contributed by atoms with van der Waals surface area (Å²) in [6, 6.07) is 9.63. The van der Waals surface area contributed by atoms with Gasteiger partial charge in [-0.2, -0.15) is 0 Å². The van der Waals surface area contributed by atoms with Gasteiger partial charge in [0, 0.05) is 0 Å². The number of hydrogen-bond acceptors (Lipinski definition) is 3. The minimum absolute atomic E-state index is 0.0694. The van der Waals surface area contributed by atoms with E-state index >= 15 is 0 Å². The van der Waals surface area contributed by atoms with Crippen LogP contribution < -0.4 is 4.74 Å². The van der Waals surface area contributed by atoms with Gasteiger partial charge in [0.1, 0.15) is 17.5 Å². The van der Waals surface area contributed by atoms with Crippen LogP contribution in [0.5, 0.6) is 5.75 Å². The number of hydrogen-bond donors (Lipinski definition) is 0. The lowest BCUT2D eigenvalue weighted by Crippen LogP contribution is -2.57. The van der Waals surface area contributed by atoms with Crippen molar-refractivity contribution in [2.24, 2.45) is 0 Å². The molecule has 0 atom stereocenters. The maximum atomic E-state index is 11.7. The number of likely N-dealkylation sites (tertiary alicyclic amines) is 1. The molecular weight excluding hydrogens is 230 g/mol. The van der Waals surface area contributed by atoms with Crippen LogP contribution in [0.15, 0.2) is 30.3 Å². The van der Waals surface area contributed by atoms with Gasteiger partial charge in [0.15, 0.2) is 0 Å². The number of amides is 1. The van der Waals surface area contributed by atoms with E-state index in [4.69, 9.17) is 9.47 Å². The molecule has 0 radical (unpaired) electrons. The van der Waals surface area contributed by atoms with Crippen molar-refractivity contribution in [1.82, 2.24) is 4.90 Å². The largest absolute Gasteiger partial charge is 0.487 e. The molecule has 1 aliphatic heterocycles. The highest BCUT2D eigenvalue weighted by atomic mass is 16.6. The molecule has 1 amide bonds. The second-order valence-corrected chi connectivity index (χ2v) is 5.44. The van der Waals surface area contributed by atoms with Crippen LogP contribution in [0.3, 0.4) is 0 Å². The molecule has 0 bridgehead atoms. The summed E-state index contributed by atoms with van der Waals surface area (Å²) in [5.41, 5.74) is -0.442. The van der Waals surface area contributed by atoms with Gasteiger partial charge in [0.25, 0.3) is 0 Å². The van der Waals surface area contributed by atoms with Gasteiger partial charge in [-0.25, -0.2) is 4.79 Å². The SMILES string of the molecule is CC(C)(C)OC(=O)N1CC(Oc2ccccc2)C1. The first-order valence-corrected chi connectivity index (χ1v) is 6.14. The lowest BCUT2D eigenvalue weighted by Gasteiger charge is -2.39. The van der Waals surface area contributed by atoms with Gasteiger partial charge in [-0.05, 0) is 32.9 Å². The van der Waals surface area contributed by atoms with Crippen molar-refractivity contribution in [3.8, 4) is 5.75 Å². The Hall–Kier alpha value is -1.71. The van der Waals surface area contributed by atoms with Crippen LogP contribution in [0, 0.1) is 0 Å². The van der Waals surface area contributed by atoms with Crippen molar-refractivity contribution in [2.45, 2.75) is 32.5 Å². The summed E-state index contributed by atoms with van der Waals surface area (Å²) in [5, 5.41) is 0. The monoisotopic (exact) mass is 249 g/mol. The topological polar surface area (TPSA) is 38.8 Å². The summed E-state index contributed by atoms with van der Waals surface area (Å²) < 4.78 is 11.0. The van der Waals surface area contributed by atoms with Crippen LogP contribution in [0.4, 0.5) is 4.79 Å². The van der Waals surface area contributed by atoms with Gasteiger partial charge in [-0.3, -0.25) is 0 Å². The van der Waals surface area contributed by atoms with Crippen LogP contribution in [-0.2, 0) is 4.74 Å². The summed E-state index contributed by atoms with van der Waals surface area (Å²) in [5.74, 6) is 0.839. The number of rotatable bonds is 2. The predicted octanol–water partition coefficient (Wildman–Crippen LogP) is 2.68. The summed E-state index contributed by atoms with van der Waals surface area (Å²) in [6.45, 7) is 6.77. The first-order valence-electron chi connectivity index (χ1n) is 6.14. The van der Waals surface area contributed by atoms with Gasteiger partial charge >= 0.3 is 6.09 Å². The van der Waals surface area contributed by atoms with Gasteiger partial charge in [-0.1, -0.05) is 18.2 Å². The molecule has 1 aromatic carbocycles. The summed E-state index contributed by atoms with van der Waals surface area (Å²) in [7, 11) is 0. The van der Waals surface area contributed by atoms with E-state index in [1.165, 1.54) is 0 Å². The zero-order chi connectivity index (χ0) is 13.2. The molecule has 0 unspecified atom stereocenters. The molecular formula is C14H19NO3. The Labute approximate surface area is 107 Å². The molecule has 4 nitrogen and oxygen atoms in total. The normalized spacial score (nSPS) is 16.1. The lowest BCUT2D eigenvalue weighted by molar-refractivity contribution is -0.0221. The van der Waals surface area contributed by atoms with Crippen molar-refractivity contribution in [1.29, 1.82) is 0 Å². The van der Waals surface area contributed by atoms with Crippen LogP contribution in [0.1, 0.15) is 20.8 Å². The third-order valence-corrected chi connectivity index (χ3v) is 2.55. The number of para-hydroxylation sites is 1. The quantitative estimate of drug-likeness (QED) is 0.809. The van der Waals surface area contributed by atoms with Crippen molar-refractivity contribution in [3.63, 3.8) is 0 Å². The highest BCUT2D eigenvalue weighted by Crippen LogP contribution is 2.19. The average molecular weight is 249 g/mol. The zero-order valence-corrected chi connectivity index (χ0v) is 11.1. The van der Waals surface area contributed by atoms with Crippen molar-refractivity contribution >= 4 is 6.09 Å². The fraction of sp³-hybridized carbons (Fsp3) is 0.500. The Morgan fingerprint density at radius 1 is 1.22 bits per heavy atom. The van der Waals surface area contributed by atoms with Crippen LogP contribution in [-0.4, -0.2) is 35.8 Å². The first kappa shape index (κ1) is 12.7. The maximum Gasteiger partial charge on any atom is 0.410 e. The molecule has 1 heterocycles. The van der Waals surface area contributed by atoms with E-state index in [2.05, 4.69) is 0 Å². The highest BCUT2D eigenvalue weighted by molar-refractivity contribution is 5.69. The Morgan fingerprint density at radius 2 is 1.83 bits per heavy atom. The molecule has 0 aliphatic carbocycles. The summed E-state index contributed by atoms with van der Waals surface area (Å²) in [6.07, 6.45) is -0.199. The molecule has 98 valence electrons. The molecule has 0 saturated carbocycles. The smallest absolute Gasteiger partial charge is 0.410 e. The van der Waals surface area contributed by atoms with E-state index in [1.807, 2.05) is 51.1 Å². The van der Waals surface area contributed by atoms with Crippen molar-refractivity contribution < 1.29 is 14.3 Å². The number of ether oxygens (including phenoxy) is 2. The third-order valence-electron chi connectivity index (χ3n) is 2.55. The van der Waals surface area contributed by atoms with Crippen molar-refractivity contribution in [2.75, 3.05) is 13.1 Å². The van der Waals surface area contributed by atoms with Gasteiger partial charge in [0.2, 0.25) is 0 Å². The van der Waals surface area contributed by atoms with E-state index in [1.54, 1.807) is 4.90 Å². The lowest BCUT2D eigenvalue weighted by atomic mass is 10.1. The van der Waals surface area contributed by atoms with E-state index < -0.39 is 5.60 Å². The minimum Gasteiger partial charge on any atom is -0.487 e. The van der Waals surface area contributed by atoms with E-state index in [0.29, 0.717) is 13.1 Å². The van der Waals surface area contributed by atoms with Gasteiger partial charge < -0.3 is 14.4 Å². The van der Waals surface area contributed by atoms with E-state index in [0.717, 1.165) is 5.75 Å². The summed E-state index contributed by atoms with van der Waals surface area (Å²) >= 11 is 0. The molecule has 0 N–H and O–H groups in total. The summed E-state index contributed by atoms with van der Waals surface area (Å²) in [4.78, 5) is 13.3. The Balaban J connectivity index is 1.76. The van der Waals surface area contributed by atoms with E-state index in [9.17, 15) is 4.79 Å². The molecule has 1 aromatic rings. The predicted molar refractivity (Wildman–Crippen MR) is 68.7 cm³/mol. The van der Waals surface area contributed by atoms with Crippen LogP contribution in [0.25, 0.3) is 0 Å². The van der Waals surface area contributed by atoms with Gasteiger partial charge in [-0.15, -0.1) is 0 Å². The molecule has 1 fully saturated rings. The molecule has 4 heteroatoms. The van der Waals surface area contributed by atoms with E-state index in [-0.39, 0.29) is 12.2 Å². The second kappa shape index (κ2) is 4.88. The van der Waals surface area contributed by atoms with Gasteiger partial charge in [0.05, 0.1) is 13.1 Å². The van der Waals surface area contributed by atoms with Crippen molar-refractivity contribution in [3.05, 3.63) is 30.3 Å². The molecule has 1 aliphatic rings. The molecule has 1 saturated heterocycles. The standard InChI is InChI=1S/C14H19NO3/c1-14(2,3)18-13(16)15-9-12(10-15)17-11-7-5-4-6-8-11/h4-8,12H,9-10H2,1-3H3. The Morgan fingerprint density at radius 3 is 2.39 bits per heavy atom. The highest BCUT2D eigenvalue weighted by Gasteiger charge is 2.34. The van der Waals surface area contributed by atoms with Crippen LogP contribution >= 0.6 is 0 Å². The fourth-order valence-electron chi connectivity index (χ4n) is 1.68. The third kappa shape index (κ3) is 3.39. The molecule has 2 rings (SSSR count). The number of carbonyl (C=O) groups is 1. The second-order valence-electron chi connectivity index (χ2n) is 5.44. The minimum atomic E-state index is -0.442. The number of benzene rings is 1.